The van der Waals surface area contributed by atoms with Gasteiger partial charge in [0.1, 0.15) is 11.3 Å². The number of rotatable bonds is 4. The van der Waals surface area contributed by atoms with Crippen LogP contribution in [0, 0.1) is 0 Å². The molecule has 1 aromatic rings. The first-order valence-corrected chi connectivity index (χ1v) is 5.36. The van der Waals surface area contributed by atoms with Crippen LogP contribution in [0.3, 0.4) is 0 Å². The lowest BCUT2D eigenvalue weighted by atomic mass is 10.2. The summed E-state index contributed by atoms with van der Waals surface area (Å²) in [4.78, 5) is 22.3. The molecular weight excluding hydrogens is 246 g/mol. The fraction of sp³-hybridized carbons (Fsp3) is 0.273. The molecule has 0 aliphatic rings. The van der Waals surface area contributed by atoms with Crippen LogP contribution in [0.15, 0.2) is 18.2 Å². The molecule has 0 aromatic heterocycles. The van der Waals surface area contributed by atoms with E-state index in [0.717, 1.165) is 0 Å². The van der Waals surface area contributed by atoms with Crippen LogP contribution in [-0.4, -0.2) is 18.7 Å². The van der Waals surface area contributed by atoms with Crippen molar-refractivity contribution in [1.82, 2.24) is 0 Å². The molecule has 2 N–H and O–H groups in total. The predicted molar refractivity (Wildman–Crippen MR) is 62.2 cm³/mol. The van der Waals surface area contributed by atoms with Gasteiger partial charge in [0.05, 0.1) is 6.61 Å². The third-order valence-electron chi connectivity index (χ3n) is 1.81. The molecule has 0 saturated carbocycles. The van der Waals surface area contributed by atoms with E-state index in [4.69, 9.17) is 22.1 Å². The minimum atomic E-state index is -1.00. The molecule has 0 spiro atoms. The number of nitrogens with two attached hydrogens (primary N) is 1. The molecule has 0 aliphatic heterocycles. The summed E-state index contributed by atoms with van der Waals surface area (Å²) < 4.78 is 9.61. The van der Waals surface area contributed by atoms with Gasteiger partial charge in [0, 0.05) is 5.02 Å². The maximum Gasteiger partial charge on any atom is 0.409 e. The largest absolute Gasteiger partial charge is 0.462 e. The summed E-state index contributed by atoms with van der Waals surface area (Å²) in [6, 6.07) is 4.23. The summed E-state index contributed by atoms with van der Waals surface area (Å²) in [6.45, 7) is 2.15. The number of hydrogen-bond acceptors (Lipinski definition) is 4. The Labute approximate surface area is 103 Å². The highest BCUT2D eigenvalue weighted by molar-refractivity contribution is 6.31. The number of primary amides is 1. The average molecular weight is 258 g/mol. The van der Waals surface area contributed by atoms with Gasteiger partial charge < -0.3 is 15.2 Å². The van der Waals surface area contributed by atoms with Crippen LogP contribution in [-0.2, 0) is 4.74 Å². The van der Waals surface area contributed by atoms with Crippen molar-refractivity contribution in [3.63, 3.8) is 0 Å². The highest BCUT2D eigenvalue weighted by Crippen LogP contribution is 2.23. The van der Waals surface area contributed by atoms with Gasteiger partial charge in [0.2, 0.25) is 0 Å². The Morgan fingerprint density at radius 3 is 2.71 bits per heavy atom. The van der Waals surface area contributed by atoms with Crippen molar-refractivity contribution in [3.05, 3.63) is 28.8 Å². The van der Waals surface area contributed by atoms with E-state index in [-0.39, 0.29) is 17.9 Å². The van der Waals surface area contributed by atoms with Crippen molar-refractivity contribution in [3.8, 4) is 5.75 Å². The standard InChI is InChI=1S/C11H12ClNO4/c1-2-5-16-10(14)8-6-7(12)3-4-9(8)17-11(13)15/h3-4,6H,2,5H2,1H3,(H2,13,15). The van der Waals surface area contributed by atoms with Crippen molar-refractivity contribution in [2.75, 3.05) is 6.61 Å². The summed E-state index contributed by atoms with van der Waals surface area (Å²) in [6.07, 6.45) is -0.310. The zero-order chi connectivity index (χ0) is 12.8. The molecule has 1 rings (SSSR count). The second-order valence-corrected chi connectivity index (χ2v) is 3.63. The van der Waals surface area contributed by atoms with E-state index in [9.17, 15) is 9.59 Å². The van der Waals surface area contributed by atoms with Crippen molar-refractivity contribution in [2.24, 2.45) is 5.73 Å². The van der Waals surface area contributed by atoms with Gasteiger partial charge in [-0.15, -0.1) is 0 Å². The minimum absolute atomic E-state index is 0.0306. The van der Waals surface area contributed by atoms with Crippen LogP contribution in [0.1, 0.15) is 23.7 Å². The molecule has 0 aliphatic carbocycles. The predicted octanol–water partition coefficient (Wildman–Crippen LogP) is 2.36. The van der Waals surface area contributed by atoms with Gasteiger partial charge in [-0.3, -0.25) is 0 Å². The average Bonchev–Trinajstić information content (AvgIpc) is 2.27. The summed E-state index contributed by atoms with van der Waals surface area (Å²) >= 11 is 5.75. The maximum absolute atomic E-state index is 11.6. The lowest BCUT2D eigenvalue weighted by Gasteiger charge is -2.08. The third kappa shape index (κ3) is 3.96. The van der Waals surface area contributed by atoms with E-state index in [0.29, 0.717) is 11.4 Å². The van der Waals surface area contributed by atoms with Crippen molar-refractivity contribution >= 4 is 23.7 Å². The fourth-order valence-electron chi connectivity index (χ4n) is 1.13. The van der Waals surface area contributed by atoms with Gasteiger partial charge in [-0.05, 0) is 24.6 Å². The summed E-state index contributed by atoms with van der Waals surface area (Å²) in [5.41, 5.74) is 4.96. The first-order valence-electron chi connectivity index (χ1n) is 4.98. The Morgan fingerprint density at radius 2 is 2.12 bits per heavy atom. The quantitative estimate of drug-likeness (QED) is 0.840. The second kappa shape index (κ2) is 6.10. The SMILES string of the molecule is CCCOC(=O)c1cc(Cl)ccc1OC(N)=O. The smallest absolute Gasteiger partial charge is 0.409 e. The van der Waals surface area contributed by atoms with Crippen LogP contribution >= 0.6 is 11.6 Å². The number of halogens is 1. The number of amides is 1. The molecule has 0 heterocycles. The summed E-state index contributed by atoms with van der Waals surface area (Å²) in [5, 5.41) is 0.338. The zero-order valence-electron chi connectivity index (χ0n) is 9.23. The molecule has 0 saturated heterocycles. The zero-order valence-corrected chi connectivity index (χ0v) is 9.99. The summed E-state index contributed by atoms with van der Waals surface area (Å²) in [7, 11) is 0. The van der Waals surface area contributed by atoms with Gasteiger partial charge in [-0.25, -0.2) is 9.59 Å². The van der Waals surface area contributed by atoms with Crippen LogP contribution in [0.2, 0.25) is 5.02 Å². The van der Waals surface area contributed by atoms with Crippen LogP contribution in [0.4, 0.5) is 4.79 Å². The van der Waals surface area contributed by atoms with E-state index >= 15 is 0 Å². The Hall–Kier alpha value is -1.75. The fourth-order valence-corrected chi connectivity index (χ4v) is 1.30. The number of ether oxygens (including phenoxy) is 2. The number of hydrogen-bond donors (Lipinski definition) is 1. The van der Waals surface area contributed by atoms with Gasteiger partial charge in [-0.2, -0.15) is 0 Å². The first-order chi connectivity index (χ1) is 8.04. The van der Waals surface area contributed by atoms with Crippen molar-refractivity contribution in [2.45, 2.75) is 13.3 Å². The molecule has 0 bridgehead atoms. The van der Waals surface area contributed by atoms with Crippen LogP contribution in [0.25, 0.3) is 0 Å². The van der Waals surface area contributed by atoms with E-state index < -0.39 is 12.1 Å². The minimum Gasteiger partial charge on any atom is -0.462 e. The molecule has 5 nitrogen and oxygen atoms in total. The van der Waals surface area contributed by atoms with E-state index in [2.05, 4.69) is 4.74 Å². The number of carbonyl (C=O) groups excluding carboxylic acids is 2. The van der Waals surface area contributed by atoms with Gasteiger partial charge in [0.15, 0.2) is 0 Å². The monoisotopic (exact) mass is 257 g/mol. The lowest BCUT2D eigenvalue weighted by Crippen LogP contribution is -2.18. The van der Waals surface area contributed by atoms with E-state index in [1.807, 2.05) is 6.92 Å². The number of esters is 1. The molecule has 0 radical (unpaired) electrons. The Kier molecular flexibility index (Phi) is 4.78. The maximum atomic E-state index is 11.6. The molecule has 6 heteroatoms. The first kappa shape index (κ1) is 13.3. The van der Waals surface area contributed by atoms with Gasteiger partial charge in [0.25, 0.3) is 0 Å². The Balaban J connectivity index is 2.97. The van der Waals surface area contributed by atoms with Crippen LogP contribution in [0.5, 0.6) is 5.75 Å². The number of benzene rings is 1. The van der Waals surface area contributed by atoms with E-state index in [1.54, 1.807) is 0 Å². The molecule has 1 aromatic carbocycles. The van der Waals surface area contributed by atoms with Crippen molar-refractivity contribution in [1.29, 1.82) is 0 Å². The van der Waals surface area contributed by atoms with Crippen molar-refractivity contribution < 1.29 is 19.1 Å². The molecule has 0 atom stereocenters. The van der Waals surface area contributed by atoms with Crippen LogP contribution < -0.4 is 10.5 Å². The number of carbonyl (C=O) groups is 2. The molecule has 92 valence electrons. The topological polar surface area (TPSA) is 78.6 Å². The normalized spacial score (nSPS) is 9.76. The molecule has 17 heavy (non-hydrogen) atoms. The molecule has 1 amide bonds. The summed E-state index contributed by atoms with van der Waals surface area (Å²) in [5.74, 6) is -0.575. The second-order valence-electron chi connectivity index (χ2n) is 3.20. The Morgan fingerprint density at radius 1 is 1.41 bits per heavy atom. The third-order valence-corrected chi connectivity index (χ3v) is 2.04. The van der Waals surface area contributed by atoms with Gasteiger partial charge in [-0.1, -0.05) is 18.5 Å². The highest BCUT2D eigenvalue weighted by Gasteiger charge is 2.16. The Bertz CT molecular complexity index is 433. The molecule has 0 unspecified atom stereocenters. The molecular formula is C11H12ClNO4. The lowest BCUT2D eigenvalue weighted by molar-refractivity contribution is 0.0502. The molecule has 0 fully saturated rings. The van der Waals surface area contributed by atoms with Gasteiger partial charge >= 0.3 is 12.1 Å². The van der Waals surface area contributed by atoms with E-state index in [1.165, 1.54) is 18.2 Å². The highest BCUT2D eigenvalue weighted by atomic mass is 35.5.